The third-order valence-electron chi connectivity index (χ3n) is 1.99. The van der Waals surface area contributed by atoms with E-state index >= 15 is 0 Å². The van der Waals surface area contributed by atoms with Crippen LogP contribution in [0.4, 0.5) is 0 Å². The molecule has 0 bridgehead atoms. The second-order valence-corrected chi connectivity index (χ2v) is 3.99. The Hall–Kier alpha value is -1.84. The Kier molecular flexibility index (Phi) is 4.51. The van der Waals surface area contributed by atoms with Crippen LogP contribution in [-0.2, 0) is 0 Å². The molecule has 0 saturated carbocycles. The van der Waals surface area contributed by atoms with E-state index in [0.29, 0.717) is 0 Å². The minimum atomic E-state index is -0.632. The molecule has 0 aliphatic rings. The highest BCUT2D eigenvalue weighted by atomic mass is 32.1. The van der Waals surface area contributed by atoms with E-state index in [1.807, 2.05) is 56.3 Å². The Morgan fingerprint density at radius 3 is 2.31 bits per heavy atom. The average molecular weight is 228 g/mol. The standard InChI is InChI=1S/C11H6N2S.C2H6/c12-6-9(7-13)11-5-8-3-1-2-4-10(8)14-11;1-2/h1-5,9H;1-2H3. The topological polar surface area (TPSA) is 47.6 Å². The number of hydrogen-bond acceptors (Lipinski definition) is 3. The van der Waals surface area contributed by atoms with Crippen molar-refractivity contribution in [3.63, 3.8) is 0 Å². The molecule has 0 aliphatic carbocycles. The predicted octanol–water partition coefficient (Wildman–Crippen LogP) is 4.06. The fourth-order valence-electron chi connectivity index (χ4n) is 1.30. The summed E-state index contributed by atoms with van der Waals surface area (Å²) in [6, 6.07) is 13.8. The molecule has 0 spiro atoms. The van der Waals surface area contributed by atoms with E-state index in [1.54, 1.807) is 0 Å². The zero-order valence-corrected chi connectivity index (χ0v) is 10.1. The molecule has 2 rings (SSSR count). The first-order valence-corrected chi connectivity index (χ1v) is 5.94. The number of rotatable bonds is 1. The Balaban J connectivity index is 0.000000606. The summed E-state index contributed by atoms with van der Waals surface area (Å²) in [5.74, 6) is -0.632. The zero-order valence-electron chi connectivity index (χ0n) is 9.27. The summed E-state index contributed by atoms with van der Waals surface area (Å²) in [5.41, 5.74) is 0. The molecule has 1 heterocycles. The maximum absolute atomic E-state index is 8.74. The molecular weight excluding hydrogens is 216 g/mol. The molecule has 0 saturated heterocycles. The summed E-state index contributed by atoms with van der Waals surface area (Å²) in [5, 5.41) is 18.6. The van der Waals surface area contributed by atoms with Crippen LogP contribution in [0.5, 0.6) is 0 Å². The molecule has 16 heavy (non-hydrogen) atoms. The van der Waals surface area contributed by atoms with Gasteiger partial charge < -0.3 is 0 Å². The molecule has 80 valence electrons. The lowest BCUT2D eigenvalue weighted by Gasteiger charge is -1.90. The second-order valence-electron chi connectivity index (χ2n) is 2.88. The number of fused-ring (bicyclic) bond motifs is 1. The molecule has 1 aromatic heterocycles. The summed E-state index contributed by atoms with van der Waals surface area (Å²) in [6.45, 7) is 4.00. The smallest absolute Gasteiger partial charge is 0.167 e. The van der Waals surface area contributed by atoms with Crippen molar-refractivity contribution in [1.29, 1.82) is 10.5 Å². The predicted molar refractivity (Wildman–Crippen MR) is 67.1 cm³/mol. The highest BCUT2D eigenvalue weighted by Crippen LogP contribution is 2.30. The van der Waals surface area contributed by atoms with Crippen LogP contribution in [0.15, 0.2) is 30.3 Å². The van der Waals surface area contributed by atoms with Gasteiger partial charge in [0.15, 0.2) is 5.92 Å². The third kappa shape index (κ3) is 2.39. The quantitative estimate of drug-likeness (QED) is 0.739. The molecular formula is C13H12N2S. The molecule has 0 aliphatic heterocycles. The van der Waals surface area contributed by atoms with Crippen molar-refractivity contribution in [3.8, 4) is 12.1 Å². The Bertz CT molecular complexity index is 496. The molecule has 2 aromatic rings. The maximum Gasteiger partial charge on any atom is 0.167 e. The van der Waals surface area contributed by atoms with E-state index in [4.69, 9.17) is 10.5 Å². The van der Waals surface area contributed by atoms with E-state index in [-0.39, 0.29) is 0 Å². The van der Waals surface area contributed by atoms with Crippen LogP contribution >= 0.6 is 11.3 Å². The van der Waals surface area contributed by atoms with E-state index in [1.165, 1.54) is 11.3 Å². The van der Waals surface area contributed by atoms with Gasteiger partial charge >= 0.3 is 0 Å². The van der Waals surface area contributed by atoms with Gasteiger partial charge in [0.1, 0.15) is 0 Å². The first kappa shape index (κ1) is 12.2. The van der Waals surface area contributed by atoms with Crippen molar-refractivity contribution < 1.29 is 0 Å². The number of thiophene rings is 1. The van der Waals surface area contributed by atoms with Crippen LogP contribution in [0, 0.1) is 22.7 Å². The number of benzene rings is 1. The van der Waals surface area contributed by atoms with Crippen LogP contribution in [0.25, 0.3) is 10.1 Å². The van der Waals surface area contributed by atoms with E-state index in [2.05, 4.69) is 0 Å². The number of nitriles is 2. The summed E-state index contributed by atoms with van der Waals surface area (Å²) in [6.07, 6.45) is 0. The van der Waals surface area contributed by atoms with Gasteiger partial charge in [-0.3, -0.25) is 0 Å². The van der Waals surface area contributed by atoms with Gasteiger partial charge in [-0.1, -0.05) is 32.0 Å². The molecule has 0 unspecified atom stereocenters. The van der Waals surface area contributed by atoms with Gasteiger partial charge in [0.25, 0.3) is 0 Å². The first-order valence-electron chi connectivity index (χ1n) is 5.13. The molecule has 0 N–H and O–H groups in total. The van der Waals surface area contributed by atoms with Gasteiger partial charge in [-0.15, -0.1) is 11.3 Å². The molecule has 0 fully saturated rings. The Morgan fingerprint density at radius 1 is 1.12 bits per heavy atom. The van der Waals surface area contributed by atoms with Crippen molar-refractivity contribution in [1.82, 2.24) is 0 Å². The molecule has 3 heteroatoms. The van der Waals surface area contributed by atoms with Crippen molar-refractivity contribution >= 4 is 21.4 Å². The Labute approximate surface area is 99.4 Å². The minimum Gasteiger partial charge on any atom is -0.196 e. The number of hydrogen-bond donors (Lipinski definition) is 0. The van der Waals surface area contributed by atoms with Gasteiger partial charge in [-0.2, -0.15) is 10.5 Å². The number of nitrogens with zero attached hydrogens (tertiary/aromatic N) is 2. The lowest BCUT2D eigenvalue weighted by molar-refractivity contribution is 1.14. The normalized spacial score (nSPS) is 9.06. The molecule has 0 amide bonds. The lowest BCUT2D eigenvalue weighted by Crippen LogP contribution is -1.85. The first-order chi connectivity index (χ1) is 7.85. The van der Waals surface area contributed by atoms with Crippen LogP contribution in [0.2, 0.25) is 0 Å². The summed E-state index contributed by atoms with van der Waals surface area (Å²) >= 11 is 1.51. The van der Waals surface area contributed by atoms with Gasteiger partial charge in [-0.25, -0.2) is 0 Å². The van der Waals surface area contributed by atoms with E-state index < -0.39 is 5.92 Å². The van der Waals surface area contributed by atoms with E-state index in [9.17, 15) is 0 Å². The van der Waals surface area contributed by atoms with Crippen LogP contribution in [-0.4, -0.2) is 0 Å². The lowest BCUT2D eigenvalue weighted by atomic mass is 10.1. The molecule has 2 nitrogen and oxygen atoms in total. The van der Waals surface area contributed by atoms with Crippen molar-refractivity contribution in [2.45, 2.75) is 19.8 Å². The maximum atomic E-state index is 8.74. The second kappa shape index (κ2) is 5.90. The van der Waals surface area contributed by atoms with Gasteiger partial charge in [0, 0.05) is 9.58 Å². The summed E-state index contributed by atoms with van der Waals surface area (Å²) in [4.78, 5) is 0.830. The summed E-state index contributed by atoms with van der Waals surface area (Å²) in [7, 11) is 0. The minimum absolute atomic E-state index is 0.632. The highest BCUT2D eigenvalue weighted by molar-refractivity contribution is 7.19. The van der Waals surface area contributed by atoms with Crippen molar-refractivity contribution in [2.24, 2.45) is 0 Å². The highest BCUT2D eigenvalue weighted by Gasteiger charge is 2.11. The van der Waals surface area contributed by atoms with Crippen LogP contribution < -0.4 is 0 Å². The van der Waals surface area contributed by atoms with Gasteiger partial charge in [-0.05, 0) is 17.5 Å². The third-order valence-corrected chi connectivity index (χ3v) is 3.17. The average Bonchev–Trinajstić information content (AvgIpc) is 2.76. The van der Waals surface area contributed by atoms with Gasteiger partial charge in [0.05, 0.1) is 12.1 Å². The zero-order chi connectivity index (χ0) is 12.0. The van der Waals surface area contributed by atoms with Crippen LogP contribution in [0.3, 0.4) is 0 Å². The molecule has 1 aromatic carbocycles. The molecule has 0 atom stereocenters. The fourth-order valence-corrected chi connectivity index (χ4v) is 2.36. The monoisotopic (exact) mass is 228 g/mol. The van der Waals surface area contributed by atoms with Crippen molar-refractivity contribution in [3.05, 3.63) is 35.2 Å². The Morgan fingerprint density at radius 2 is 1.75 bits per heavy atom. The fraction of sp³-hybridized carbons (Fsp3) is 0.231. The molecule has 0 radical (unpaired) electrons. The van der Waals surface area contributed by atoms with Gasteiger partial charge in [0.2, 0.25) is 0 Å². The largest absolute Gasteiger partial charge is 0.196 e. The van der Waals surface area contributed by atoms with E-state index in [0.717, 1.165) is 15.0 Å². The van der Waals surface area contributed by atoms with Crippen LogP contribution in [0.1, 0.15) is 24.6 Å². The van der Waals surface area contributed by atoms with Crippen molar-refractivity contribution in [2.75, 3.05) is 0 Å². The SMILES string of the molecule is CC.N#CC(C#N)c1cc2ccccc2s1. The summed E-state index contributed by atoms with van der Waals surface area (Å²) < 4.78 is 1.12.